The molecule has 6 nitrogen and oxygen atoms in total. The first-order valence-corrected chi connectivity index (χ1v) is 10.6. The number of likely N-dealkylation sites (tertiary alicyclic amines) is 1. The number of carbonyl (C=O) groups excluding carboxylic acids is 1. The summed E-state index contributed by atoms with van der Waals surface area (Å²) in [4.78, 5) is 18.8. The zero-order valence-electron chi connectivity index (χ0n) is 17.4. The first-order chi connectivity index (χ1) is 14.7. The van der Waals surface area contributed by atoms with Crippen LogP contribution in [-0.4, -0.2) is 51.2 Å². The third-order valence-electron chi connectivity index (χ3n) is 5.65. The highest BCUT2D eigenvalue weighted by Gasteiger charge is 2.19. The molecule has 3 aromatic rings. The van der Waals surface area contributed by atoms with Crippen molar-refractivity contribution in [1.29, 1.82) is 0 Å². The van der Waals surface area contributed by atoms with Gasteiger partial charge in [0.2, 0.25) is 0 Å². The number of ether oxygens (including phenoxy) is 1. The molecule has 0 radical (unpaired) electrons. The molecule has 1 atom stereocenters. The minimum absolute atomic E-state index is 0.0593. The smallest absolute Gasteiger partial charge is 0.167 e. The van der Waals surface area contributed by atoms with Crippen molar-refractivity contribution in [2.24, 2.45) is 0 Å². The maximum absolute atomic E-state index is 12.3. The highest BCUT2D eigenvalue weighted by molar-refractivity contribution is 5.97. The van der Waals surface area contributed by atoms with Crippen LogP contribution in [0.25, 0.3) is 5.69 Å². The van der Waals surface area contributed by atoms with Crippen molar-refractivity contribution in [2.45, 2.75) is 38.6 Å². The molecule has 2 aromatic heterocycles. The highest BCUT2D eigenvalue weighted by atomic mass is 16.5. The van der Waals surface area contributed by atoms with Gasteiger partial charge in [0.25, 0.3) is 0 Å². The summed E-state index contributed by atoms with van der Waals surface area (Å²) in [5.74, 6) is 0.928. The van der Waals surface area contributed by atoms with Gasteiger partial charge in [-0.2, -0.15) is 5.10 Å². The Hall–Kier alpha value is -2.99. The van der Waals surface area contributed by atoms with E-state index in [-0.39, 0.29) is 5.78 Å². The number of benzene rings is 1. The molecule has 4 rings (SSSR count). The number of hydrogen-bond donors (Lipinski definition) is 0. The summed E-state index contributed by atoms with van der Waals surface area (Å²) >= 11 is 0. The van der Waals surface area contributed by atoms with E-state index in [4.69, 9.17) is 4.74 Å². The summed E-state index contributed by atoms with van der Waals surface area (Å²) in [5, 5.41) is 4.40. The lowest BCUT2D eigenvalue weighted by Gasteiger charge is -2.20. The van der Waals surface area contributed by atoms with E-state index in [0.717, 1.165) is 36.6 Å². The van der Waals surface area contributed by atoms with Gasteiger partial charge in [-0.25, -0.2) is 4.68 Å². The van der Waals surface area contributed by atoms with Gasteiger partial charge in [0.1, 0.15) is 5.75 Å². The molecule has 30 heavy (non-hydrogen) atoms. The topological polar surface area (TPSA) is 60.2 Å². The second-order valence-electron chi connectivity index (χ2n) is 7.85. The van der Waals surface area contributed by atoms with Crippen molar-refractivity contribution < 1.29 is 9.53 Å². The first kappa shape index (κ1) is 20.3. The summed E-state index contributed by atoms with van der Waals surface area (Å²) in [6.45, 7) is 5.36. The minimum Gasteiger partial charge on any atom is -0.494 e. The Morgan fingerprint density at radius 1 is 1.17 bits per heavy atom. The molecule has 0 aliphatic carbocycles. The predicted octanol–water partition coefficient (Wildman–Crippen LogP) is 3.95. The second-order valence-corrected chi connectivity index (χ2v) is 7.85. The Bertz CT molecular complexity index is 953. The number of pyridine rings is 1. The summed E-state index contributed by atoms with van der Waals surface area (Å²) in [5.41, 5.74) is 2.49. The Balaban J connectivity index is 1.27. The zero-order chi connectivity index (χ0) is 20.8. The molecule has 1 aliphatic rings. The van der Waals surface area contributed by atoms with Gasteiger partial charge in [-0.05, 0) is 74.7 Å². The maximum Gasteiger partial charge on any atom is 0.167 e. The lowest BCUT2D eigenvalue weighted by molar-refractivity contribution is 0.0993. The summed E-state index contributed by atoms with van der Waals surface area (Å²) in [6, 6.07) is 12.1. The van der Waals surface area contributed by atoms with E-state index >= 15 is 0 Å². The van der Waals surface area contributed by atoms with Crippen molar-refractivity contribution in [3.8, 4) is 11.4 Å². The van der Waals surface area contributed by atoms with Crippen molar-refractivity contribution in [3.05, 3.63) is 72.3 Å². The van der Waals surface area contributed by atoms with Crippen molar-refractivity contribution in [3.63, 3.8) is 0 Å². The highest BCUT2D eigenvalue weighted by Crippen LogP contribution is 2.18. The average Bonchev–Trinajstić information content (AvgIpc) is 3.41. The Labute approximate surface area is 177 Å². The van der Waals surface area contributed by atoms with Gasteiger partial charge < -0.3 is 9.64 Å². The average molecular weight is 405 g/mol. The number of aromatic nitrogens is 3. The van der Waals surface area contributed by atoms with E-state index in [2.05, 4.69) is 21.9 Å². The predicted molar refractivity (Wildman–Crippen MR) is 116 cm³/mol. The van der Waals surface area contributed by atoms with Gasteiger partial charge in [-0.3, -0.25) is 9.78 Å². The van der Waals surface area contributed by atoms with Crippen LogP contribution < -0.4 is 4.74 Å². The fourth-order valence-electron chi connectivity index (χ4n) is 3.90. The minimum atomic E-state index is 0.0593. The largest absolute Gasteiger partial charge is 0.494 e. The van der Waals surface area contributed by atoms with Gasteiger partial charge >= 0.3 is 0 Å². The van der Waals surface area contributed by atoms with Gasteiger partial charge in [-0.1, -0.05) is 0 Å². The van der Waals surface area contributed by atoms with Crippen molar-refractivity contribution >= 4 is 5.78 Å². The molecule has 0 N–H and O–H groups in total. The van der Waals surface area contributed by atoms with Gasteiger partial charge in [0, 0.05) is 43.2 Å². The van der Waals surface area contributed by atoms with Crippen LogP contribution in [0.1, 0.15) is 42.1 Å². The number of hydrogen-bond acceptors (Lipinski definition) is 5. The number of ketones is 1. The second kappa shape index (κ2) is 9.67. The van der Waals surface area contributed by atoms with E-state index < -0.39 is 0 Å². The molecule has 156 valence electrons. The summed E-state index contributed by atoms with van der Waals surface area (Å²) < 4.78 is 7.68. The van der Waals surface area contributed by atoms with Crippen LogP contribution in [0, 0.1) is 0 Å². The van der Waals surface area contributed by atoms with Gasteiger partial charge in [0.15, 0.2) is 5.78 Å². The molecule has 1 fully saturated rings. The van der Waals surface area contributed by atoms with Crippen LogP contribution in [-0.2, 0) is 6.42 Å². The molecule has 1 unspecified atom stereocenters. The summed E-state index contributed by atoms with van der Waals surface area (Å²) in [7, 11) is 0. The molecule has 0 saturated carbocycles. The molecule has 0 bridgehead atoms. The van der Waals surface area contributed by atoms with E-state index in [9.17, 15) is 4.79 Å². The Morgan fingerprint density at radius 2 is 1.97 bits per heavy atom. The number of rotatable bonds is 9. The molecule has 3 heterocycles. The molecular formula is C24H28N4O2. The van der Waals surface area contributed by atoms with Crippen LogP contribution in [0.3, 0.4) is 0 Å². The third kappa shape index (κ3) is 5.13. The first-order valence-electron chi connectivity index (χ1n) is 10.6. The number of Topliss-reactive ketones (excluding diaryl/α,β-unsaturated/α-hetero) is 1. The lowest BCUT2D eigenvalue weighted by Crippen LogP contribution is -2.28. The molecule has 1 aliphatic heterocycles. The third-order valence-corrected chi connectivity index (χ3v) is 5.65. The fourth-order valence-corrected chi connectivity index (χ4v) is 3.90. The molecule has 6 heteroatoms. The van der Waals surface area contributed by atoms with Gasteiger partial charge in [-0.15, -0.1) is 0 Å². The maximum atomic E-state index is 12.3. The molecule has 1 aromatic carbocycles. The number of nitrogens with zero attached hydrogens (tertiary/aromatic N) is 4. The quantitative estimate of drug-likeness (QED) is 0.399. The SMILES string of the molecule is CC1CCCN1CCCOc1ccc(-n2cc(CC(=O)c3ccncc3)cn2)cc1. The zero-order valence-corrected chi connectivity index (χ0v) is 17.4. The fraction of sp³-hybridized carbons (Fsp3) is 0.375. The standard InChI is InChI=1S/C24H28N4O2/c1-19-4-2-13-27(19)14-3-15-30-23-7-5-22(6-8-23)28-18-20(17-26-28)16-24(29)21-9-11-25-12-10-21/h5-12,17-19H,2-4,13-16H2,1H3. The molecule has 1 saturated heterocycles. The van der Waals surface area contributed by atoms with E-state index in [1.165, 1.54) is 19.4 Å². The van der Waals surface area contributed by atoms with Gasteiger partial charge in [0.05, 0.1) is 18.5 Å². The van der Waals surface area contributed by atoms with E-state index in [1.807, 2.05) is 30.5 Å². The van der Waals surface area contributed by atoms with Crippen LogP contribution in [0.5, 0.6) is 5.75 Å². The molecular weight excluding hydrogens is 376 g/mol. The lowest BCUT2D eigenvalue weighted by atomic mass is 10.1. The van der Waals surface area contributed by atoms with E-state index in [1.54, 1.807) is 35.4 Å². The van der Waals surface area contributed by atoms with Crippen LogP contribution in [0.2, 0.25) is 0 Å². The van der Waals surface area contributed by atoms with E-state index in [0.29, 0.717) is 18.0 Å². The van der Waals surface area contributed by atoms with Crippen LogP contribution in [0.4, 0.5) is 0 Å². The van der Waals surface area contributed by atoms with Crippen molar-refractivity contribution in [2.75, 3.05) is 19.7 Å². The Morgan fingerprint density at radius 3 is 2.70 bits per heavy atom. The summed E-state index contributed by atoms with van der Waals surface area (Å²) in [6.07, 6.45) is 10.9. The number of carbonyl (C=O) groups is 1. The molecule has 0 spiro atoms. The monoisotopic (exact) mass is 404 g/mol. The normalized spacial score (nSPS) is 16.6. The van der Waals surface area contributed by atoms with Crippen LogP contribution in [0.15, 0.2) is 61.2 Å². The molecule has 0 amide bonds. The van der Waals surface area contributed by atoms with Crippen LogP contribution >= 0.6 is 0 Å². The Kier molecular flexibility index (Phi) is 6.54. The van der Waals surface area contributed by atoms with Crippen molar-refractivity contribution in [1.82, 2.24) is 19.7 Å².